The van der Waals surface area contributed by atoms with Gasteiger partial charge in [0.25, 0.3) is 0 Å². The predicted octanol–water partition coefficient (Wildman–Crippen LogP) is 3.05. The fourth-order valence-electron chi connectivity index (χ4n) is 2.67. The van der Waals surface area contributed by atoms with Crippen molar-refractivity contribution in [2.75, 3.05) is 36.4 Å². The van der Waals surface area contributed by atoms with Gasteiger partial charge in [0.1, 0.15) is 5.75 Å². The maximum Gasteiger partial charge on any atom is 0.321 e. The number of nitrogens with one attached hydrogen (secondary N) is 1. The molecule has 1 aliphatic heterocycles. The predicted molar refractivity (Wildman–Crippen MR) is 92.1 cm³/mol. The second kappa shape index (κ2) is 6.60. The van der Waals surface area contributed by atoms with Crippen LogP contribution >= 0.6 is 0 Å². The van der Waals surface area contributed by atoms with Crippen molar-refractivity contribution in [3.05, 3.63) is 54.1 Å². The van der Waals surface area contributed by atoms with Crippen LogP contribution in [0.2, 0.25) is 0 Å². The fraction of sp³-hybridized carbons (Fsp3) is 0.278. The molecule has 2 aromatic carbocycles. The van der Waals surface area contributed by atoms with Crippen molar-refractivity contribution in [2.45, 2.75) is 6.92 Å². The summed E-state index contributed by atoms with van der Waals surface area (Å²) in [4.78, 5) is 16.4. The maximum atomic E-state index is 12.3. The van der Waals surface area contributed by atoms with Crippen molar-refractivity contribution in [3.63, 3.8) is 0 Å². The Labute approximate surface area is 136 Å². The minimum atomic E-state index is -0.0979. The van der Waals surface area contributed by atoms with Gasteiger partial charge in [-0.05, 0) is 43.3 Å². The number of benzene rings is 2. The van der Waals surface area contributed by atoms with Crippen LogP contribution in [0.1, 0.15) is 5.56 Å². The van der Waals surface area contributed by atoms with Crippen LogP contribution in [0.25, 0.3) is 0 Å². The van der Waals surface area contributed by atoms with Gasteiger partial charge in [-0.2, -0.15) is 0 Å². The molecule has 0 atom stereocenters. The Hall–Kier alpha value is -2.69. The number of phenols is 1. The van der Waals surface area contributed by atoms with Crippen LogP contribution in [0.3, 0.4) is 0 Å². The molecule has 1 fully saturated rings. The third kappa shape index (κ3) is 3.74. The van der Waals surface area contributed by atoms with Crippen molar-refractivity contribution in [1.29, 1.82) is 0 Å². The standard InChI is InChI=1S/C18H21N3O2/c1-14-2-6-16(7-3-14)20-10-12-21(13-11-20)18(23)19-15-4-8-17(22)9-5-15/h2-9,22H,10-13H2,1H3,(H,19,23). The lowest BCUT2D eigenvalue weighted by molar-refractivity contribution is 0.208. The average molecular weight is 311 g/mol. The Morgan fingerprint density at radius 1 is 0.957 bits per heavy atom. The number of piperazine rings is 1. The summed E-state index contributed by atoms with van der Waals surface area (Å²) in [7, 11) is 0. The molecule has 1 heterocycles. The summed E-state index contributed by atoms with van der Waals surface area (Å²) in [6.07, 6.45) is 0. The Balaban J connectivity index is 1.54. The van der Waals surface area contributed by atoms with E-state index in [1.807, 2.05) is 4.90 Å². The first-order valence-corrected chi connectivity index (χ1v) is 7.78. The molecular weight excluding hydrogens is 290 g/mol. The lowest BCUT2D eigenvalue weighted by atomic mass is 10.2. The van der Waals surface area contributed by atoms with E-state index in [4.69, 9.17) is 0 Å². The molecule has 0 saturated carbocycles. The van der Waals surface area contributed by atoms with E-state index in [1.54, 1.807) is 24.3 Å². The summed E-state index contributed by atoms with van der Waals surface area (Å²) in [6, 6.07) is 14.9. The zero-order valence-corrected chi connectivity index (χ0v) is 13.2. The minimum Gasteiger partial charge on any atom is -0.508 e. The molecule has 2 amide bonds. The molecule has 23 heavy (non-hydrogen) atoms. The maximum absolute atomic E-state index is 12.3. The number of amides is 2. The lowest BCUT2D eigenvalue weighted by Gasteiger charge is -2.36. The SMILES string of the molecule is Cc1ccc(N2CCN(C(=O)Nc3ccc(O)cc3)CC2)cc1. The molecule has 0 spiro atoms. The number of hydrogen-bond donors (Lipinski definition) is 2. The number of aryl methyl sites for hydroxylation is 1. The van der Waals surface area contributed by atoms with E-state index < -0.39 is 0 Å². The van der Waals surface area contributed by atoms with Crippen molar-refractivity contribution < 1.29 is 9.90 Å². The van der Waals surface area contributed by atoms with E-state index in [1.165, 1.54) is 11.3 Å². The van der Waals surface area contributed by atoms with E-state index >= 15 is 0 Å². The molecule has 120 valence electrons. The number of carbonyl (C=O) groups excluding carboxylic acids is 1. The first-order chi connectivity index (χ1) is 11.1. The van der Waals surface area contributed by atoms with Crippen molar-refractivity contribution in [1.82, 2.24) is 4.90 Å². The van der Waals surface area contributed by atoms with Gasteiger partial charge in [-0.15, -0.1) is 0 Å². The van der Waals surface area contributed by atoms with Gasteiger partial charge in [-0.1, -0.05) is 17.7 Å². The average Bonchev–Trinajstić information content (AvgIpc) is 2.58. The van der Waals surface area contributed by atoms with Crippen molar-refractivity contribution in [2.24, 2.45) is 0 Å². The molecule has 0 aromatic heterocycles. The van der Waals surface area contributed by atoms with Gasteiger partial charge in [-0.25, -0.2) is 4.79 Å². The molecule has 0 unspecified atom stereocenters. The fourth-order valence-corrected chi connectivity index (χ4v) is 2.67. The van der Waals surface area contributed by atoms with E-state index in [9.17, 15) is 9.90 Å². The van der Waals surface area contributed by atoms with E-state index in [0.29, 0.717) is 18.8 Å². The van der Waals surface area contributed by atoms with Crippen LogP contribution in [-0.4, -0.2) is 42.2 Å². The van der Waals surface area contributed by atoms with E-state index in [0.717, 1.165) is 13.1 Å². The number of nitrogens with zero attached hydrogens (tertiary/aromatic N) is 2. The van der Waals surface area contributed by atoms with Crippen LogP contribution in [0.4, 0.5) is 16.2 Å². The highest BCUT2D eigenvalue weighted by atomic mass is 16.3. The second-order valence-electron chi connectivity index (χ2n) is 5.79. The summed E-state index contributed by atoms with van der Waals surface area (Å²) in [6.45, 7) is 5.11. The highest BCUT2D eigenvalue weighted by Gasteiger charge is 2.21. The molecule has 2 aromatic rings. The number of anilines is 2. The summed E-state index contributed by atoms with van der Waals surface area (Å²) >= 11 is 0. The number of aromatic hydroxyl groups is 1. The first-order valence-electron chi connectivity index (χ1n) is 7.78. The zero-order chi connectivity index (χ0) is 16.2. The molecule has 0 radical (unpaired) electrons. The summed E-state index contributed by atoms with van der Waals surface area (Å²) in [5, 5.41) is 12.1. The Kier molecular flexibility index (Phi) is 4.37. The molecule has 5 nitrogen and oxygen atoms in total. The first kappa shape index (κ1) is 15.2. The van der Waals surface area contributed by atoms with Gasteiger partial charge in [0.15, 0.2) is 0 Å². The molecule has 3 rings (SSSR count). The normalized spacial score (nSPS) is 14.7. The van der Waals surface area contributed by atoms with Crippen molar-refractivity contribution in [3.8, 4) is 5.75 Å². The van der Waals surface area contributed by atoms with Gasteiger partial charge in [-0.3, -0.25) is 0 Å². The number of phenolic OH excluding ortho intramolecular Hbond substituents is 1. The number of rotatable bonds is 2. The lowest BCUT2D eigenvalue weighted by Crippen LogP contribution is -2.50. The Morgan fingerprint density at radius 2 is 1.57 bits per heavy atom. The molecule has 2 N–H and O–H groups in total. The summed E-state index contributed by atoms with van der Waals surface area (Å²) < 4.78 is 0. The molecule has 5 heteroatoms. The van der Waals surface area contributed by atoms with Crippen molar-refractivity contribution >= 4 is 17.4 Å². The topological polar surface area (TPSA) is 55.8 Å². The Morgan fingerprint density at radius 3 is 2.17 bits per heavy atom. The third-order valence-corrected chi connectivity index (χ3v) is 4.08. The molecule has 0 bridgehead atoms. The highest BCUT2D eigenvalue weighted by molar-refractivity contribution is 5.89. The number of hydrogen-bond acceptors (Lipinski definition) is 3. The number of urea groups is 1. The van der Waals surface area contributed by atoms with Crippen LogP contribution < -0.4 is 10.2 Å². The number of carbonyl (C=O) groups is 1. The van der Waals surface area contributed by atoms with Gasteiger partial charge in [0, 0.05) is 37.6 Å². The van der Waals surface area contributed by atoms with Crippen LogP contribution in [0.5, 0.6) is 5.75 Å². The van der Waals surface area contributed by atoms with E-state index in [2.05, 4.69) is 41.4 Å². The van der Waals surface area contributed by atoms with Crippen LogP contribution in [0.15, 0.2) is 48.5 Å². The molecule has 1 aliphatic rings. The van der Waals surface area contributed by atoms with Crippen LogP contribution in [0, 0.1) is 6.92 Å². The molecular formula is C18H21N3O2. The molecule has 1 saturated heterocycles. The Bertz CT molecular complexity index is 660. The quantitative estimate of drug-likeness (QED) is 0.838. The van der Waals surface area contributed by atoms with Crippen LogP contribution in [-0.2, 0) is 0 Å². The molecule has 0 aliphatic carbocycles. The van der Waals surface area contributed by atoms with E-state index in [-0.39, 0.29) is 11.8 Å². The second-order valence-corrected chi connectivity index (χ2v) is 5.79. The minimum absolute atomic E-state index is 0.0979. The highest BCUT2D eigenvalue weighted by Crippen LogP contribution is 2.18. The monoisotopic (exact) mass is 311 g/mol. The smallest absolute Gasteiger partial charge is 0.321 e. The largest absolute Gasteiger partial charge is 0.508 e. The van der Waals surface area contributed by atoms with Gasteiger partial charge < -0.3 is 20.2 Å². The van der Waals surface area contributed by atoms with Gasteiger partial charge >= 0.3 is 6.03 Å². The van der Waals surface area contributed by atoms with Gasteiger partial charge in [0.05, 0.1) is 0 Å². The summed E-state index contributed by atoms with van der Waals surface area (Å²) in [5.74, 6) is 0.190. The van der Waals surface area contributed by atoms with Gasteiger partial charge in [0.2, 0.25) is 0 Å². The zero-order valence-electron chi connectivity index (χ0n) is 13.2. The summed E-state index contributed by atoms with van der Waals surface area (Å²) in [5.41, 5.74) is 3.14. The third-order valence-electron chi connectivity index (χ3n) is 4.08.